The lowest BCUT2D eigenvalue weighted by atomic mass is 10.2. The van der Waals surface area contributed by atoms with Gasteiger partial charge in [-0.2, -0.15) is 8.42 Å². The lowest BCUT2D eigenvalue weighted by Crippen LogP contribution is -2.34. The summed E-state index contributed by atoms with van der Waals surface area (Å²) in [5.41, 5.74) is -0.161. The van der Waals surface area contributed by atoms with Gasteiger partial charge in [0.05, 0.1) is 16.9 Å². The quantitative estimate of drug-likeness (QED) is 0.842. The van der Waals surface area contributed by atoms with Crippen molar-refractivity contribution in [3.8, 4) is 0 Å². The van der Waals surface area contributed by atoms with Gasteiger partial charge in [-0.25, -0.2) is 4.79 Å². The molecule has 1 aromatic carbocycles. The summed E-state index contributed by atoms with van der Waals surface area (Å²) in [4.78, 5) is 11.3. The van der Waals surface area contributed by atoms with Gasteiger partial charge >= 0.3 is 6.09 Å². The van der Waals surface area contributed by atoms with Crippen molar-refractivity contribution >= 4 is 16.2 Å². The Bertz CT molecular complexity index is 727. The van der Waals surface area contributed by atoms with Crippen LogP contribution in [0.25, 0.3) is 0 Å². The number of nitrogens with one attached hydrogen (secondary N) is 1. The third kappa shape index (κ3) is 6.59. The molecule has 6 nitrogen and oxygen atoms in total. The lowest BCUT2D eigenvalue weighted by Gasteiger charge is -2.19. The molecule has 21 heavy (non-hydrogen) atoms. The fraction of sp³-hybridized carbons (Fsp3) is 0.500. The molecule has 0 saturated heterocycles. The number of hydrogen-bond acceptors (Lipinski definition) is 5. The van der Waals surface area contributed by atoms with Crippen molar-refractivity contribution in [3.63, 3.8) is 0 Å². The molecule has 0 atom stereocenters. The Balaban J connectivity index is 2.98. The van der Waals surface area contributed by atoms with Gasteiger partial charge in [0.1, 0.15) is 5.60 Å². The number of carbonyl (C=O) groups excluding carboxylic acids is 1. The Labute approximate surface area is 131 Å². The summed E-state index contributed by atoms with van der Waals surface area (Å²) in [6, 6.07) is 5.38. The van der Waals surface area contributed by atoms with Crippen molar-refractivity contribution in [2.45, 2.75) is 38.2 Å². The minimum Gasteiger partial charge on any atom is -0.444 e. The molecular weight excluding hydrogens is 294 g/mol. The Morgan fingerprint density at radius 1 is 1.29 bits per heavy atom. The van der Waals surface area contributed by atoms with Gasteiger partial charge in [0.2, 0.25) is 0 Å². The first-order valence-electron chi connectivity index (χ1n) is 8.09. The van der Waals surface area contributed by atoms with Gasteiger partial charge in [0.15, 0.2) is 0 Å². The van der Waals surface area contributed by atoms with Crippen LogP contribution in [0.3, 0.4) is 0 Å². The monoisotopic (exact) mass is 319 g/mol. The molecule has 1 N–H and O–H groups in total. The molecule has 1 aromatic rings. The van der Waals surface area contributed by atoms with E-state index in [0.29, 0.717) is 0 Å². The van der Waals surface area contributed by atoms with Crippen LogP contribution in [0.5, 0.6) is 0 Å². The largest absolute Gasteiger partial charge is 0.444 e. The summed E-state index contributed by atoms with van der Waals surface area (Å²) in [6.45, 7) is -0.208. The molecule has 1 rings (SSSR count). The highest BCUT2D eigenvalue weighted by Gasteiger charge is 2.17. The number of amides is 1. The van der Waals surface area contributed by atoms with Crippen LogP contribution in [-0.4, -0.2) is 33.2 Å². The fourth-order valence-electron chi connectivity index (χ4n) is 1.21. The minimum atomic E-state index is -4.60. The summed E-state index contributed by atoms with van der Waals surface area (Å²) >= 11 is 0. The van der Waals surface area contributed by atoms with E-state index in [-0.39, 0.29) is 4.90 Å². The zero-order valence-electron chi connectivity index (χ0n) is 16.3. The second-order valence-corrected chi connectivity index (χ2v) is 6.75. The van der Waals surface area contributed by atoms with Crippen LogP contribution in [0.15, 0.2) is 29.2 Å². The molecule has 118 valence electrons. The number of hydrogen-bond donors (Lipinski definition) is 1. The fourth-order valence-corrected chi connectivity index (χ4v) is 1.93. The van der Waals surface area contributed by atoms with Crippen LogP contribution in [0, 0.1) is 6.92 Å². The van der Waals surface area contributed by atoms with Gasteiger partial charge in [-0.15, -0.1) is 0 Å². The van der Waals surface area contributed by atoms with E-state index in [0.717, 1.165) is 5.56 Å². The van der Waals surface area contributed by atoms with Crippen LogP contribution >= 0.6 is 0 Å². The van der Waals surface area contributed by atoms with E-state index in [4.69, 9.17) is 10.2 Å². The molecule has 0 heterocycles. The van der Waals surface area contributed by atoms with Crippen LogP contribution < -0.4 is 5.32 Å². The van der Waals surface area contributed by atoms with Gasteiger partial charge in [-0.1, -0.05) is 17.7 Å². The van der Waals surface area contributed by atoms with Crippen molar-refractivity contribution in [2.75, 3.05) is 13.1 Å². The molecule has 0 radical (unpaired) electrons. The van der Waals surface area contributed by atoms with Gasteiger partial charge in [0, 0.05) is 6.50 Å². The topological polar surface area (TPSA) is 81.7 Å². The maximum atomic E-state index is 12.1. The summed E-state index contributed by atoms with van der Waals surface area (Å²) < 4.78 is 64.0. The van der Waals surface area contributed by atoms with Gasteiger partial charge < -0.3 is 10.1 Å². The maximum Gasteiger partial charge on any atom is 0.407 e. The molecule has 0 bridgehead atoms. The summed E-state index contributed by atoms with van der Waals surface area (Å²) in [5.74, 6) is 0. The molecule has 7 heteroatoms. The Morgan fingerprint density at radius 3 is 2.38 bits per heavy atom. The molecule has 0 aliphatic carbocycles. The van der Waals surface area contributed by atoms with Gasteiger partial charge in [-0.05, 0) is 39.8 Å². The first kappa shape index (κ1) is 12.0. The Morgan fingerprint density at radius 2 is 1.86 bits per heavy atom. The van der Waals surface area contributed by atoms with Crippen LogP contribution in [0.2, 0.25) is 0 Å². The predicted molar refractivity (Wildman–Crippen MR) is 78.6 cm³/mol. The van der Waals surface area contributed by atoms with E-state index >= 15 is 0 Å². The SMILES string of the molecule is [2H]C([2H])(NC(=O)OC(C)(C)C)C([2H])([2H])OS(=O)(=O)c1ccc(C)cc1. The average Bonchev–Trinajstić information content (AvgIpc) is 2.34. The molecule has 0 aliphatic heterocycles. The highest BCUT2D eigenvalue weighted by molar-refractivity contribution is 7.86. The van der Waals surface area contributed by atoms with E-state index in [1.54, 1.807) is 12.2 Å². The Kier molecular flexibility index (Phi) is 3.95. The summed E-state index contributed by atoms with van der Waals surface area (Å²) in [5, 5.41) is 1.64. The number of alkyl carbamates (subject to hydrolysis) is 1. The van der Waals surface area contributed by atoms with E-state index in [9.17, 15) is 13.2 Å². The number of carbonyl (C=O) groups is 1. The number of rotatable bonds is 5. The molecule has 0 aliphatic rings. The van der Waals surface area contributed by atoms with Crippen LogP contribution in [0.4, 0.5) is 4.79 Å². The minimum absolute atomic E-state index is 0.338. The standard InChI is InChI=1S/C14H21NO5S/c1-11-5-7-12(8-6-11)21(17,18)19-10-9-15-13(16)20-14(2,3)4/h5-8H,9-10H2,1-4H3,(H,15,16)/i9D2,10D2. The molecule has 1 amide bonds. The number of ether oxygens (including phenoxy) is 1. The van der Waals surface area contributed by atoms with Crippen molar-refractivity contribution < 1.29 is 27.6 Å². The molecule has 0 unspecified atom stereocenters. The summed E-state index contributed by atoms with van der Waals surface area (Å²) in [6.07, 6.45) is -1.25. The zero-order valence-corrected chi connectivity index (χ0v) is 13.1. The van der Waals surface area contributed by atoms with E-state index in [1.165, 1.54) is 45.0 Å². The van der Waals surface area contributed by atoms with Crippen molar-refractivity contribution in [1.29, 1.82) is 0 Å². The van der Waals surface area contributed by atoms with Crippen LogP contribution in [0.1, 0.15) is 31.8 Å². The molecule has 0 fully saturated rings. The van der Waals surface area contributed by atoms with Crippen LogP contribution in [-0.2, 0) is 19.0 Å². The number of aryl methyl sites for hydroxylation is 1. The second-order valence-electron chi connectivity index (χ2n) is 5.20. The molecular formula is C14H21NO5S. The first-order chi connectivity index (χ1) is 11.1. The van der Waals surface area contributed by atoms with E-state index in [1.807, 2.05) is 0 Å². The molecule has 0 aromatic heterocycles. The normalized spacial score (nSPS) is 16.2. The smallest absolute Gasteiger partial charge is 0.407 e. The second kappa shape index (κ2) is 6.91. The van der Waals surface area contributed by atoms with Crippen molar-refractivity contribution in [3.05, 3.63) is 29.8 Å². The Hall–Kier alpha value is -1.60. The maximum absolute atomic E-state index is 12.1. The van der Waals surface area contributed by atoms with E-state index < -0.39 is 34.9 Å². The van der Waals surface area contributed by atoms with E-state index in [2.05, 4.69) is 4.18 Å². The average molecular weight is 319 g/mol. The van der Waals surface area contributed by atoms with Gasteiger partial charge in [-0.3, -0.25) is 4.18 Å². The van der Waals surface area contributed by atoms with Crippen molar-refractivity contribution in [2.24, 2.45) is 0 Å². The summed E-state index contributed by atoms with van der Waals surface area (Å²) in [7, 11) is -4.60. The molecule has 0 spiro atoms. The molecule has 0 saturated carbocycles. The highest BCUT2D eigenvalue weighted by atomic mass is 32.2. The third-order valence-electron chi connectivity index (χ3n) is 2.08. The van der Waals surface area contributed by atoms with Gasteiger partial charge in [0.25, 0.3) is 10.1 Å². The third-order valence-corrected chi connectivity index (χ3v) is 3.23. The lowest BCUT2D eigenvalue weighted by molar-refractivity contribution is 0.0520. The first-order valence-corrected chi connectivity index (χ1v) is 7.50. The predicted octanol–water partition coefficient (Wildman–Crippen LogP) is 2.23. The highest BCUT2D eigenvalue weighted by Crippen LogP contribution is 2.12. The number of benzene rings is 1. The van der Waals surface area contributed by atoms with Crippen molar-refractivity contribution in [1.82, 2.24) is 5.32 Å². The zero-order chi connectivity index (χ0) is 19.7.